The maximum absolute atomic E-state index is 12.8. The molecule has 0 radical (unpaired) electrons. The van der Waals surface area contributed by atoms with Gasteiger partial charge in [0.2, 0.25) is 11.8 Å². The number of nitrogens with zero attached hydrogens (tertiary/aromatic N) is 1. The Hall–Kier alpha value is -1.14. The molecular formula is C15H27N3O3. The lowest BCUT2D eigenvalue weighted by atomic mass is 9.91. The third-order valence-electron chi connectivity index (χ3n) is 4.18. The van der Waals surface area contributed by atoms with Gasteiger partial charge in [0, 0.05) is 12.6 Å². The van der Waals surface area contributed by atoms with Gasteiger partial charge in [-0.1, -0.05) is 6.92 Å². The second kappa shape index (κ2) is 7.22. The van der Waals surface area contributed by atoms with Gasteiger partial charge in [0.05, 0.1) is 19.3 Å². The zero-order valence-corrected chi connectivity index (χ0v) is 13.2. The third-order valence-corrected chi connectivity index (χ3v) is 4.18. The lowest BCUT2D eigenvalue weighted by molar-refractivity contribution is -0.151. The van der Waals surface area contributed by atoms with Gasteiger partial charge in [0.1, 0.15) is 6.04 Å². The molecule has 6 heteroatoms. The van der Waals surface area contributed by atoms with E-state index in [1.165, 1.54) is 0 Å². The van der Waals surface area contributed by atoms with Crippen molar-refractivity contribution in [3.05, 3.63) is 0 Å². The molecule has 6 nitrogen and oxygen atoms in total. The Kier molecular flexibility index (Phi) is 5.58. The zero-order valence-electron chi connectivity index (χ0n) is 13.2. The Balaban J connectivity index is 2.06. The molecule has 3 unspecified atom stereocenters. The van der Waals surface area contributed by atoms with E-state index in [2.05, 4.69) is 17.6 Å². The van der Waals surface area contributed by atoms with E-state index < -0.39 is 6.04 Å². The topological polar surface area (TPSA) is 70.7 Å². The first-order valence-corrected chi connectivity index (χ1v) is 7.92. The molecule has 2 rings (SSSR count). The molecule has 0 saturated carbocycles. The molecule has 120 valence electrons. The highest BCUT2D eigenvalue weighted by atomic mass is 16.5. The quantitative estimate of drug-likeness (QED) is 0.777. The molecule has 2 heterocycles. The molecule has 21 heavy (non-hydrogen) atoms. The Labute approximate surface area is 126 Å². The molecule has 0 aliphatic carbocycles. The molecule has 2 aliphatic rings. The smallest absolute Gasteiger partial charge is 0.245 e. The van der Waals surface area contributed by atoms with Crippen molar-refractivity contribution in [1.29, 1.82) is 0 Å². The summed E-state index contributed by atoms with van der Waals surface area (Å²) >= 11 is 0. The van der Waals surface area contributed by atoms with E-state index in [4.69, 9.17) is 4.74 Å². The van der Waals surface area contributed by atoms with Gasteiger partial charge in [-0.3, -0.25) is 9.59 Å². The predicted molar refractivity (Wildman–Crippen MR) is 79.8 cm³/mol. The Morgan fingerprint density at radius 3 is 2.81 bits per heavy atom. The van der Waals surface area contributed by atoms with Crippen LogP contribution >= 0.6 is 0 Å². The second-order valence-corrected chi connectivity index (χ2v) is 6.34. The fraction of sp³-hybridized carbons (Fsp3) is 0.867. The van der Waals surface area contributed by atoms with Crippen molar-refractivity contribution in [2.45, 2.75) is 51.7 Å². The third kappa shape index (κ3) is 3.95. The van der Waals surface area contributed by atoms with Gasteiger partial charge in [-0.2, -0.15) is 0 Å². The van der Waals surface area contributed by atoms with E-state index in [1.54, 1.807) is 4.90 Å². The maximum atomic E-state index is 12.8. The molecule has 2 saturated heterocycles. The standard InChI is InChI=1S/C15H27N3O3/c1-10(2)17-14(19)12-9-21-8-7-18(12)15(20)13-11(3)5-4-6-16-13/h10-13,16H,4-9H2,1-3H3,(H,17,19). The molecule has 3 atom stereocenters. The summed E-state index contributed by atoms with van der Waals surface area (Å²) < 4.78 is 5.40. The minimum absolute atomic E-state index is 0.0365. The van der Waals surface area contributed by atoms with E-state index in [-0.39, 0.29) is 30.5 Å². The highest BCUT2D eigenvalue weighted by molar-refractivity contribution is 5.90. The van der Waals surface area contributed by atoms with Crippen LogP contribution in [0, 0.1) is 5.92 Å². The van der Waals surface area contributed by atoms with Crippen molar-refractivity contribution in [2.75, 3.05) is 26.3 Å². The first kappa shape index (κ1) is 16.2. The monoisotopic (exact) mass is 297 g/mol. The van der Waals surface area contributed by atoms with Crippen LogP contribution in [0.1, 0.15) is 33.6 Å². The van der Waals surface area contributed by atoms with Crippen molar-refractivity contribution in [2.24, 2.45) is 5.92 Å². The largest absolute Gasteiger partial charge is 0.377 e. The summed E-state index contributed by atoms with van der Waals surface area (Å²) in [5.74, 6) is 0.221. The van der Waals surface area contributed by atoms with Crippen LogP contribution in [-0.4, -0.2) is 61.1 Å². The summed E-state index contributed by atoms with van der Waals surface area (Å²) in [4.78, 5) is 26.8. The van der Waals surface area contributed by atoms with Crippen LogP contribution in [-0.2, 0) is 14.3 Å². The average Bonchev–Trinajstić information content (AvgIpc) is 2.46. The highest BCUT2D eigenvalue weighted by Gasteiger charge is 2.38. The van der Waals surface area contributed by atoms with Crippen LogP contribution in [0.3, 0.4) is 0 Å². The first-order chi connectivity index (χ1) is 10.0. The van der Waals surface area contributed by atoms with E-state index in [1.807, 2.05) is 13.8 Å². The number of piperidine rings is 1. The van der Waals surface area contributed by atoms with Crippen LogP contribution in [0.25, 0.3) is 0 Å². The summed E-state index contributed by atoms with van der Waals surface area (Å²) in [6.07, 6.45) is 2.15. The first-order valence-electron chi connectivity index (χ1n) is 7.92. The number of carbonyl (C=O) groups excluding carboxylic acids is 2. The van der Waals surface area contributed by atoms with Crippen LogP contribution in [0.4, 0.5) is 0 Å². The number of hydrogen-bond acceptors (Lipinski definition) is 4. The van der Waals surface area contributed by atoms with Crippen LogP contribution in [0.5, 0.6) is 0 Å². The normalized spacial score (nSPS) is 30.3. The molecule has 2 aliphatic heterocycles. The van der Waals surface area contributed by atoms with Gasteiger partial charge in [-0.15, -0.1) is 0 Å². The van der Waals surface area contributed by atoms with Crippen molar-refractivity contribution >= 4 is 11.8 Å². The van der Waals surface area contributed by atoms with Gasteiger partial charge in [-0.05, 0) is 39.2 Å². The van der Waals surface area contributed by atoms with Crippen LogP contribution in [0.2, 0.25) is 0 Å². The summed E-state index contributed by atoms with van der Waals surface area (Å²) in [5, 5.41) is 6.18. The van der Waals surface area contributed by atoms with Crippen molar-refractivity contribution in [1.82, 2.24) is 15.5 Å². The van der Waals surface area contributed by atoms with Crippen LogP contribution in [0.15, 0.2) is 0 Å². The minimum Gasteiger partial charge on any atom is -0.377 e. The molecule has 0 aromatic heterocycles. The minimum atomic E-state index is -0.510. The molecule has 2 amide bonds. The number of amides is 2. The Morgan fingerprint density at radius 1 is 1.38 bits per heavy atom. The Bertz CT molecular complexity index is 386. The number of nitrogens with one attached hydrogen (secondary N) is 2. The summed E-state index contributed by atoms with van der Waals surface area (Å²) in [6, 6.07) is -0.626. The SMILES string of the molecule is CC(C)NC(=O)C1COCCN1C(=O)C1NCCCC1C. The molecule has 2 N–H and O–H groups in total. The van der Waals surface area contributed by atoms with Crippen molar-refractivity contribution in [3.63, 3.8) is 0 Å². The van der Waals surface area contributed by atoms with Crippen molar-refractivity contribution in [3.8, 4) is 0 Å². The summed E-state index contributed by atoms with van der Waals surface area (Å²) in [6.45, 7) is 8.06. The van der Waals surface area contributed by atoms with E-state index >= 15 is 0 Å². The molecule has 0 spiro atoms. The molecule has 0 bridgehead atoms. The van der Waals surface area contributed by atoms with E-state index in [0.717, 1.165) is 19.4 Å². The second-order valence-electron chi connectivity index (χ2n) is 6.34. The number of morpholine rings is 1. The molecule has 0 aromatic rings. The summed E-state index contributed by atoms with van der Waals surface area (Å²) in [5.41, 5.74) is 0. The molecule has 2 fully saturated rings. The molecular weight excluding hydrogens is 270 g/mol. The highest BCUT2D eigenvalue weighted by Crippen LogP contribution is 2.19. The average molecular weight is 297 g/mol. The van der Waals surface area contributed by atoms with Gasteiger partial charge >= 0.3 is 0 Å². The van der Waals surface area contributed by atoms with Crippen LogP contribution < -0.4 is 10.6 Å². The van der Waals surface area contributed by atoms with E-state index in [9.17, 15) is 9.59 Å². The lowest BCUT2D eigenvalue weighted by Crippen LogP contribution is -2.62. The van der Waals surface area contributed by atoms with Gasteiger partial charge in [0.25, 0.3) is 0 Å². The number of carbonyl (C=O) groups is 2. The molecule has 0 aromatic carbocycles. The van der Waals surface area contributed by atoms with Gasteiger partial charge in [0.15, 0.2) is 0 Å². The lowest BCUT2D eigenvalue weighted by Gasteiger charge is -2.39. The predicted octanol–water partition coefficient (Wildman–Crippen LogP) is 0.127. The van der Waals surface area contributed by atoms with E-state index in [0.29, 0.717) is 19.1 Å². The zero-order chi connectivity index (χ0) is 15.4. The van der Waals surface area contributed by atoms with Gasteiger partial charge < -0.3 is 20.3 Å². The maximum Gasteiger partial charge on any atom is 0.245 e. The summed E-state index contributed by atoms with van der Waals surface area (Å²) in [7, 11) is 0. The fourth-order valence-corrected chi connectivity index (χ4v) is 3.02. The van der Waals surface area contributed by atoms with Gasteiger partial charge in [-0.25, -0.2) is 0 Å². The number of ether oxygens (including phenoxy) is 1. The number of rotatable bonds is 3. The Morgan fingerprint density at radius 2 is 2.14 bits per heavy atom. The fourth-order valence-electron chi connectivity index (χ4n) is 3.02. The number of hydrogen-bond donors (Lipinski definition) is 2. The van der Waals surface area contributed by atoms with Crippen molar-refractivity contribution < 1.29 is 14.3 Å².